The van der Waals surface area contributed by atoms with Crippen LogP contribution in [0.4, 0.5) is 4.79 Å². The summed E-state index contributed by atoms with van der Waals surface area (Å²) < 4.78 is 4.80. The molecule has 3 amide bonds. The number of urea groups is 1. The van der Waals surface area contributed by atoms with E-state index >= 15 is 0 Å². The number of carbonyl (C=O) groups excluding carboxylic acids is 2. The Labute approximate surface area is 88.2 Å². The van der Waals surface area contributed by atoms with Crippen LogP contribution in [-0.2, 0) is 9.53 Å². The zero-order valence-corrected chi connectivity index (χ0v) is 8.73. The van der Waals surface area contributed by atoms with Gasteiger partial charge in [0.2, 0.25) is 5.91 Å². The number of methoxy groups -OCH3 is 1. The first-order valence-electron chi connectivity index (χ1n) is 5.03. The summed E-state index contributed by atoms with van der Waals surface area (Å²) >= 11 is 0. The molecule has 15 heavy (non-hydrogen) atoms. The van der Waals surface area contributed by atoms with Crippen LogP contribution in [0.1, 0.15) is 0 Å². The highest BCUT2D eigenvalue weighted by atomic mass is 16.5. The lowest BCUT2D eigenvalue weighted by Crippen LogP contribution is -2.54. The summed E-state index contributed by atoms with van der Waals surface area (Å²) in [6.07, 6.45) is 0. The van der Waals surface area contributed by atoms with Crippen molar-refractivity contribution in [2.75, 3.05) is 39.9 Å². The Morgan fingerprint density at radius 1 is 1.60 bits per heavy atom. The predicted molar refractivity (Wildman–Crippen MR) is 52.3 cm³/mol. The standard InChI is InChI=1S/C9H15N3O3/c1-15-6-8(13)11-2-3-12-7(5-11)4-10-9(12)14/h7H,2-6H2,1H3,(H,10,14)/t7-/m0/s1. The van der Waals surface area contributed by atoms with Crippen molar-refractivity contribution in [1.29, 1.82) is 0 Å². The maximum Gasteiger partial charge on any atom is 0.317 e. The van der Waals surface area contributed by atoms with Crippen LogP contribution in [0.5, 0.6) is 0 Å². The second-order valence-corrected chi connectivity index (χ2v) is 3.81. The molecule has 6 nitrogen and oxygen atoms in total. The van der Waals surface area contributed by atoms with E-state index in [0.717, 1.165) is 0 Å². The molecule has 1 atom stereocenters. The zero-order valence-electron chi connectivity index (χ0n) is 8.73. The average Bonchev–Trinajstić information content (AvgIpc) is 2.60. The minimum atomic E-state index is -0.0150. The third kappa shape index (κ3) is 1.90. The second kappa shape index (κ2) is 4.06. The molecule has 2 heterocycles. The van der Waals surface area contributed by atoms with E-state index in [1.54, 1.807) is 9.80 Å². The maximum atomic E-state index is 11.5. The lowest BCUT2D eigenvalue weighted by atomic mass is 10.2. The smallest absolute Gasteiger partial charge is 0.317 e. The third-order valence-electron chi connectivity index (χ3n) is 2.85. The zero-order chi connectivity index (χ0) is 10.8. The normalized spacial score (nSPS) is 25.1. The fraction of sp³-hybridized carbons (Fsp3) is 0.778. The Kier molecular flexibility index (Phi) is 2.77. The van der Waals surface area contributed by atoms with Crippen molar-refractivity contribution in [3.63, 3.8) is 0 Å². The van der Waals surface area contributed by atoms with Crippen LogP contribution in [0.2, 0.25) is 0 Å². The van der Waals surface area contributed by atoms with Gasteiger partial charge in [0.1, 0.15) is 6.61 Å². The van der Waals surface area contributed by atoms with Gasteiger partial charge in [-0.25, -0.2) is 4.79 Å². The molecular formula is C9H15N3O3. The van der Waals surface area contributed by atoms with Gasteiger partial charge in [0.25, 0.3) is 0 Å². The second-order valence-electron chi connectivity index (χ2n) is 3.81. The first-order chi connectivity index (χ1) is 7.22. The Hall–Kier alpha value is -1.30. The number of nitrogens with one attached hydrogen (secondary N) is 1. The number of carbonyl (C=O) groups is 2. The lowest BCUT2D eigenvalue weighted by molar-refractivity contribution is -0.137. The van der Waals surface area contributed by atoms with Gasteiger partial charge in [-0.2, -0.15) is 0 Å². The van der Waals surface area contributed by atoms with Crippen LogP contribution >= 0.6 is 0 Å². The minimum absolute atomic E-state index is 0.00324. The van der Waals surface area contributed by atoms with Crippen molar-refractivity contribution in [2.24, 2.45) is 0 Å². The number of piperazine rings is 1. The number of fused-ring (bicyclic) bond motifs is 1. The first-order valence-corrected chi connectivity index (χ1v) is 5.03. The average molecular weight is 213 g/mol. The highest BCUT2D eigenvalue weighted by Crippen LogP contribution is 2.14. The fourth-order valence-corrected chi connectivity index (χ4v) is 2.05. The molecule has 0 aromatic rings. The molecule has 0 bridgehead atoms. The minimum Gasteiger partial charge on any atom is -0.375 e. The van der Waals surface area contributed by atoms with E-state index in [9.17, 15) is 9.59 Å². The van der Waals surface area contributed by atoms with Gasteiger partial charge in [0.05, 0.1) is 6.04 Å². The molecule has 0 spiro atoms. The molecule has 2 fully saturated rings. The summed E-state index contributed by atoms with van der Waals surface area (Å²) in [5, 5.41) is 2.77. The van der Waals surface area contributed by atoms with Crippen molar-refractivity contribution in [3.05, 3.63) is 0 Å². The van der Waals surface area contributed by atoms with E-state index in [1.165, 1.54) is 7.11 Å². The summed E-state index contributed by atoms with van der Waals surface area (Å²) in [6.45, 7) is 2.59. The third-order valence-corrected chi connectivity index (χ3v) is 2.85. The Bertz CT molecular complexity index is 282. The molecule has 0 aliphatic carbocycles. The van der Waals surface area contributed by atoms with E-state index in [4.69, 9.17) is 4.74 Å². The predicted octanol–water partition coefficient (Wildman–Crippen LogP) is -1.13. The molecule has 2 aliphatic rings. The SMILES string of the molecule is COCC(=O)N1CCN2C(=O)NC[C@H]2C1. The molecule has 1 N–H and O–H groups in total. The van der Waals surface area contributed by atoms with Crippen LogP contribution in [0.3, 0.4) is 0 Å². The van der Waals surface area contributed by atoms with Gasteiger partial charge < -0.3 is 19.9 Å². The molecule has 0 radical (unpaired) electrons. The van der Waals surface area contributed by atoms with Crippen molar-refractivity contribution in [1.82, 2.24) is 15.1 Å². The van der Waals surface area contributed by atoms with Crippen LogP contribution in [-0.4, -0.2) is 67.7 Å². The van der Waals surface area contributed by atoms with Gasteiger partial charge in [-0.3, -0.25) is 4.79 Å². The van der Waals surface area contributed by atoms with Crippen LogP contribution < -0.4 is 5.32 Å². The highest BCUT2D eigenvalue weighted by Gasteiger charge is 2.36. The number of rotatable bonds is 2. The number of hydrogen-bond donors (Lipinski definition) is 1. The van der Waals surface area contributed by atoms with Crippen molar-refractivity contribution >= 4 is 11.9 Å². The fourth-order valence-electron chi connectivity index (χ4n) is 2.05. The molecule has 2 saturated heterocycles. The van der Waals surface area contributed by atoms with E-state index in [-0.39, 0.29) is 24.6 Å². The van der Waals surface area contributed by atoms with Crippen LogP contribution in [0.25, 0.3) is 0 Å². The first kappa shape index (κ1) is 10.2. The highest BCUT2D eigenvalue weighted by molar-refractivity contribution is 5.80. The van der Waals surface area contributed by atoms with Gasteiger partial charge in [-0.05, 0) is 0 Å². The van der Waals surface area contributed by atoms with E-state index < -0.39 is 0 Å². The van der Waals surface area contributed by atoms with Gasteiger partial charge in [0, 0.05) is 33.3 Å². The number of hydrogen-bond acceptors (Lipinski definition) is 3. The van der Waals surface area contributed by atoms with Crippen molar-refractivity contribution in [2.45, 2.75) is 6.04 Å². The molecule has 0 aromatic carbocycles. The number of amides is 3. The molecule has 6 heteroatoms. The topological polar surface area (TPSA) is 61.9 Å². The monoisotopic (exact) mass is 213 g/mol. The van der Waals surface area contributed by atoms with E-state index in [0.29, 0.717) is 26.2 Å². The molecule has 84 valence electrons. The maximum absolute atomic E-state index is 11.5. The summed E-state index contributed by atoms with van der Waals surface area (Å²) in [5.41, 5.74) is 0. The van der Waals surface area contributed by atoms with E-state index in [2.05, 4.69) is 5.32 Å². The summed E-state index contributed by atoms with van der Waals surface area (Å²) in [6, 6.07) is 0.117. The Balaban J connectivity index is 1.93. The van der Waals surface area contributed by atoms with Gasteiger partial charge in [0.15, 0.2) is 0 Å². The largest absolute Gasteiger partial charge is 0.375 e. The molecule has 0 aromatic heterocycles. The number of ether oxygens (including phenoxy) is 1. The van der Waals surface area contributed by atoms with E-state index in [1.807, 2.05) is 0 Å². The summed E-state index contributed by atoms with van der Waals surface area (Å²) in [5.74, 6) is -0.00324. The Morgan fingerprint density at radius 3 is 3.13 bits per heavy atom. The molecule has 0 unspecified atom stereocenters. The van der Waals surface area contributed by atoms with Gasteiger partial charge in [-0.15, -0.1) is 0 Å². The number of nitrogens with zero attached hydrogens (tertiary/aromatic N) is 2. The van der Waals surface area contributed by atoms with Crippen molar-refractivity contribution < 1.29 is 14.3 Å². The summed E-state index contributed by atoms with van der Waals surface area (Å²) in [4.78, 5) is 26.4. The van der Waals surface area contributed by atoms with Gasteiger partial charge in [-0.1, -0.05) is 0 Å². The molecule has 0 saturated carbocycles. The summed E-state index contributed by atoms with van der Waals surface area (Å²) in [7, 11) is 1.51. The molecule has 2 aliphatic heterocycles. The van der Waals surface area contributed by atoms with Gasteiger partial charge >= 0.3 is 6.03 Å². The van der Waals surface area contributed by atoms with Crippen LogP contribution in [0.15, 0.2) is 0 Å². The Morgan fingerprint density at radius 2 is 2.40 bits per heavy atom. The lowest BCUT2D eigenvalue weighted by Gasteiger charge is -2.36. The molecule has 2 rings (SSSR count). The quantitative estimate of drug-likeness (QED) is 0.631. The molecular weight excluding hydrogens is 198 g/mol. The van der Waals surface area contributed by atoms with Crippen molar-refractivity contribution in [3.8, 4) is 0 Å². The van der Waals surface area contributed by atoms with Crippen LogP contribution in [0, 0.1) is 0 Å².